The number of hydrogen-bond acceptors (Lipinski definition) is 4. The number of ketones is 2. The molecule has 0 spiro atoms. The van der Waals surface area contributed by atoms with Crippen LogP contribution in [-0.4, -0.2) is 11.6 Å². The molecular weight excluding hydrogens is 529 g/mol. The lowest BCUT2D eigenvalue weighted by molar-refractivity contribution is 0.104. The SMILES string of the molecule is O=C1/C(=c2\cc/c(=c3\cc/c(=C4\C(=O)c5ccccc5-c5ccccc54)s3)s2)c2ccccc2-c2ccccc21. The van der Waals surface area contributed by atoms with Gasteiger partial charge in [0.2, 0.25) is 0 Å². The fraction of sp³-hybridized carbons (Fsp3) is 0. The lowest BCUT2D eigenvalue weighted by Gasteiger charge is -2.20. The van der Waals surface area contributed by atoms with Crippen LogP contribution in [0.2, 0.25) is 0 Å². The summed E-state index contributed by atoms with van der Waals surface area (Å²) in [4.78, 5) is 27.4. The number of hydrogen-bond donors (Lipinski definition) is 0. The summed E-state index contributed by atoms with van der Waals surface area (Å²) >= 11 is 3.26. The molecule has 0 fully saturated rings. The van der Waals surface area contributed by atoms with E-state index in [4.69, 9.17) is 0 Å². The first kappa shape index (κ1) is 23.3. The summed E-state index contributed by atoms with van der Waals surface area (Å²) in [7, 11) is 0. The maximum absolute atomic E-state index is 13.7. The molecule has 0 amide bonds. The van der Waals surface area contributed by atoms with E-state index >= 15 is 0 Å². The molecule has 2 aliphatic rings. The smallest absolute Gasteiger partial charge is 0.195 e. The van der Waals surface area contributed by atoms with Crippen LogP contribution in [-0.2, 0) is 0 Å². The van der Waals surface area contributed by atoms with Gasteiger partial charge in [-0.2, -0.15) is 0 Å². The van der Waals surface area contributed by atoms with Gasteiger partial charge in [0.05, 0.1) is 0 Å². The molecule has 0 saturated heterocycles. The molecule has 0 radical (unpaired) electrons. The average Bonchev–Trinajstić information content (AvgIpc) is 3.68. The van der Waals surface area contributed by atoms with E-state index in [0.29, 0.717) is 0 Å². The molecule has 0 saturated carbocycles. The topological polar surface area (TPSA) is 34.1 Å². The Morgan fingerprint density at radius 2 is 0.575 bits per heavy atom. The minimum atomic E-state index is 0.0631. The van der Waals surface area contributed by atoms with E-state index in [9.17, 15) is 9.59 Å². The molecular formula is C36H20O2S2. The van der Waals surface area contributed by atoms with Gasteiger partial charge in [-0.15, -0.1) is 22.7 Å². The zero-order valence-corrected chi connectivity index (χ0v) is 22.8. The summed E-state index contributed by atoms with van der Waals surface area (Å²) in [6.07, 6.45) is 0. The fourth-order valence-electron chi connectivity index (χ4n) is 5.92. The number of Topliss-reactive ketones (excluding diaryl/α,β-unsaturated/α-hetero) is 2. The van der Waals surface area contributed by atoms with E-state index in [-0.39, 0.29) is 11.6 Å². The van der Waals surface area contributed by atoms with Crippen LogP contribution in [0.3, 0.4) is 0 Å². The molecule has 2 heterocycles. The van der Waals surface area contributed by atoms with Crippen LogP contribution >= 0.6 is 22.7 Å². The van der Waals surface area contributed by atoms with Crippen molar-refractivity contribution in [3.63, 3.8) is 0 Å². The van der Waals surface area contributed by atoms with Gasteiger partial charge in [0, 0.05) is 40.4 Å². The molecule has 2 aromatic heterocycles. The predicted molar refractivity (Wildman–Crippen MR) is 163 cm³/mol. The quantitative estimate of drug-likeness (QED) is 0.201. The third kappa shape index (κ3) is 3.40. The van der Waals surface area contributed by atoms with E-state index in [0.717, 1.165) is 73.8 Å². The van der Waals surface area contributed by atoms with E-state index in [2.05, 4.69) is 36.4 Å². The van der Waals surface area contributed by atoms with Crippen molar-refractivity contribution in [2.24, 2.45) is 0 Å². The fourth-order valence-corrected chi connectivity index (χ4v) is 8.13. The Morgan fingerprint density at radius 3 is 0.950 bits per heavy atom. The maximum atomic E-state index is 13.7. The molecule has 4 heteroatoms. The van der Waals surface area contributed by atoms with Gasteiger partial charge in [0.25, 0.3) is 0 Å². The Bertz CT molecular complexity index is 2100. The zero-order valence-electron chi connectivity index (χ0n) is 21.2. The van der Waals surface area contributed by atoms with Crippen LogP contribution in [0.25, 0.3) is 33.4 Å². The third-order valence-corrected chi connectivity index (χ3v) is 10.1. The summed E-state index contributed by atoms with van der Waals surface area (Å²) in [5, 5.41) is 0. The van der Waals surface area contributed by atoms with Crippen molar-refractivity contribution in [1.29, 1.82) is 0 Å². The second-order valence-electron chi connectivity index (χ2n) is 9.92. The largest absolute Gasteiger partial charge is 0.289 e. The summed E-state index contributed by atoms with van der Waals surface area (Å²) in [6.45, 7) is 0. The highest BCUT2D eigenvalue weighted by atomic mass is 32.1. The van der Waals surface area contributed by atoms with Crippen molar-refractivity contribution in [3.8, 4) is 22.3 Å². The van der Waals surface area contributed by atoms with Crippen LogP contribution in [0.4, 0.5) is 0 Å². The molecule has 6 aromatic rings. The summed E-state index contributed by atoms with van der Waals surface area (Å²) in [6, 6.07) is 40.3. The van der Waals surface area contributed by atoms with Gasteiger partial charge in [-0.1, -0.05) is 97.1 Å². The molecule has 0 atom stereocenters. The van der Waals surface area contributed by atoms with Gasteiger partial charge >= 0.3 is 0 Å². The van der Waals surface area contributed by atoms with Crippen LogP contribution in [0, 0.1) is 9.06 Å². The number of carbonyl (C=O) groups excluding carboxylic acids is 2. The predicted octanol–water partition coefficient (Wildman–Crippen LogP) is 7.22. The standard InChI is InChI=1S/C36H20O2S2/c37-35-27-15-7-3-11-23(27)21-9-1-5-13-25(21)33(35)31-19-17-29(39-31)30-18-20-32(40-30)34-26-14-6-2-10-22(26)24-12-4-8-16-28(24)36(34)38/h1-20H/b30-29-,33-31+,34-32+. The minimum Gasteiger partial charge on any atom is -0.289 e. The summed E-state index contributed by atoms with van der Waals surface area (Å²) in [5.41, 5.74) is 9.11. The maximum Gasteiger partial charge on any atom is 0.195 e. The van der Waals surface area contributed by atoms with Crippen molar-refractivity contribution < 1.29 is 9.59 Å². The Labute approximate surface area is 238 Å². The highest BCUT2D eigenvalue weighted by Gasteiger charge is 2.28. The van der Waals surface area contributed by atoms with Crippen molar-refractivity contribution >= 4 is 45.4 Å². The zero-order chi connectivity index (χ0) is 26.8. The molecule has 0 aliphatic heterocycles. The molecule has 2 nitrogen and oxygen atoms in total. The van der Waals surface area contributed by atoms with E-state index < -0.39 is 0 Å². The Hall–Kier alpha value is -4.64. The third-order valence-electron chi connectivity index (χ3n) is 7.72. The van der Waals surface area contributed by atoms with E-state index in [1.807, 2.05) is 84.9 Å². The van der Waals surface area contributed by atoms with Gasteiger partial charge < -0.3 is 0 Å². The van der Waals surface area contributed by atoms with Gasteiger partial charge in [-0.3, -0.25) is 9.59 Å². The molecule has 2 aliphatic carbocycles. The monoisotopic (exact) mass is 548 g/mol. The van der Waals surface area contributed by atoms with Crippen LogP contribution in [0.1, 0.15) is 31.8 Å². The lowest BCUT2D eigenvalue weighted by Crippen LogP contribution is -2.18. The molecule has 0 bridgehead atoms. The first-order chi connectivity index (χ1) is 19.7. The average molecular weight is 549 g/mol. The number of thiophene rings is 2. The Kier molecular flexibility index (Phi) is 5.21. The Morgan fingerprint density at radius 1 is 0.300 bits per heavy atom. The van der Waals surface area contributed by atoms with Gasteiger partial charge in [0.15, 0.2) is 11.6 Å². The molecule has 40 heavy (non-hydrogen) atoms. The number of rotatable bonds is 0. The van der Waals surface area contributed by atoms with Gasteiger partial charge in [-0.25, -0.2) is 0 Å². The summed E-state index contributed by atoms with van der Waals surface area (Å²) < 4.78 is 4.08. The normalized spacial score (nSPS) is 17.1. The van der Waals surface area contributed by atoms with Gasteiger partial charge in [0.1, 0.15) is 0 Å². The highest BCUT2D eigenvalue weighted by molar-refractivity contribution is 7.11. The molecule has 4 aromatic carbocycles. The summed E-state index contributed by atoms with van der Waals surface area (Å²) in [5.74, 6) is 0.126. The van der Waals surface area contributed by atoms with Crippen LogP contribution in [0.5, 0.6) is 0 Å². The molecule has 0 N–H and O–H groups in total. The highest BCUT2D eigenvalue weighted by Crippen LogP contribution is 2.39. The second-order valence-corrected chi connectivity index (χ2v) is 12.1. The number of fused-ring (bicyclic) bond motifs is 6. The first-order valence-electron chi connectivity index (χ1n) is 13.1. The van der Waals surface area contributed by atoms with Crippen molar-refractivity contribution in [2.45, 2.75) is 0 Å². The number of carbonyl (C=O) groups is 2. The van der Waals surface area contributed by atoms with Crippen molar-refractivity contribution in [2.75, 3.05) is 0 Å². The van der Waals surface area contributed by atoms with E-state index in [1.54, 1.807) is 22.7 Å². The van der Waals surface area contributed by atoms with E-state index in [1.165, 1.54) is 0 Å². The lowest BCUT2D eigenvalue weighted by atomic mass is 9.81. The number of benzene rings is 4. The molecule has 0 unspecified atom stereocenters. The second kappa shape index (κ2) is 8.95. The first-order valence-corrected chi connectivity index (χ1v) is 14.7. The minimum absolute atomic E-state index is 0.0631. The van der Waals surface area contributed by atoms with Gasteiger partial charge in [-0.05, 0) is 57.6 Å². The van der Waals surface area contributed by atoms with Crippen LogP contribution in [0.15, 0.2) is 121 Å². The van der Waals surface area contributed by atoms with Crippen LogP contribution < -0.4 is 9.06 Å². The van der Waals surface area contributed by atoms with Crippen molar-refractivity contribution in [3.05, 3.63) is 162 Å². The Balaban J connectivity index is 1.36. The molecule has 188 valence electrons. The van der Waals surface area contributed by atoms with Crippen molar-refractivity contribution in [1.82, 2.24) is 0 Å². The molecule has 8 rings (SSSR count).